The standard InChI is InChI=1S/C10H11ClN2O2/c11-6-10(15)13-8-4-2-1-3-7(8)5-9(12)14/h1-4H,5-6H2,(H2,12,14)(H,13,15). The first kappa shape index (κ1) is 11.5. The van der Waals surface area contributed by atoms with Gasteiger partial charge in [-0.3, -0.25) is 9.59 Å². The second-order valence-electron chi connectivity index (χ2n) is 2.98. The Morgan fingerprint density at radius 3 is 2.60 bits per heavy atom. The fourth-order valence-electron chi connectivity index (χ4n) is 1.17. The van der Waals surface area contributed by atoms with Crippen LogP contribution in [0.15, 0.2) is 24.3 Å². The molecule has 0 saturated heterocycles. The Morgan fingerprint density at radius 1 is 1.33 bits per heavy atom. The summed E-state index contributed by atoms with van der Waals surface area (Å²) in [6, 6.07) is 6.96. The van der Waals surface area contributed by atoms with Gasteiger partial charge < -0.3 is 11.1 Å². The van der Waals surface area contributed by atoms with Crippen molar-refractivity contribution in [1.82, 2.24) is 0 Å². The lowest BCUT2D eigenvalue weighted by atomic mass is 10.1. The average molecular weight is 227 g/mol. The van der Waals surface area contributed by atoms with Crippen LogP contribution in [0.3, 0.4) is 0 Å². The highest BCUT2D eigenvalue weighted by Crippen LogP contribution is 2.15. The van der Waals surface area contributed by atoms with Gasteiger partial charge in [0.15, 0.2) is 0 Å². The molecule has 4 nitrogen and oxygen atoms in total. The molecule has 1 rings (SSSR count). The highest BCUT2D eigenvalue weighted by Gasteiger charge is 2.07. The number of rotatable bonds is 4. The van der Waals surface area contributed by atoms with Gasteiger partial charge in [0.2, 0.25) is 11.8 Å². The van der Waals surface area contributed by atoms with Crippen molar-refractivity contribution in [2.75, 3.05) is 11.2 Å². The van der Waals surface area contributed by atoms with Crippen molar-refractivity contribution in [2.24, 2.45) is 5.73 Å². The maximum absolute atomic E-state index is 11.1. The molecule has 2 amide bonds. The lowest BCUT2D eigenvalue weighted by Crippen LogP contribution is -2.18. The minimum absolute atomic E-state index is 0.0960. The van der Waals surface area contributed by atoms with Crippen LogP contribution in [0.25, 0.3) is 0 Å². The van der Waals surface area contributed by atoms with Crippen LogP contribution in [0.1, 0.15) is 5.56 Å². The van der Waals surface area contributed by atoms with Gasteiger partial charge in [0.25, 0.3) is 0 Å². The molecule has 3 N–H and O–H groups in total. The summed E-state index contributed by atoms with van der Waals surface area (Å²) in [5, 5.41) is 2.59. The topological polar surface area (TPSA) is 72.2 Å². The molecule has 0 spiro atoms. The third-order valence-electron chi connectivity index (χ3n) is 1.78. The van der Waals surface area contributed by atoms with Gasteiger partial charge in [0, 0.05) is 5.69 Å². The van der Waals surface area contributed by atoms with Crippen LogP contribution < -0.4 is 11.1 Å². The molecule has 0 bridgehead atoms. The third kappa shape index (κ3) is 3.59. The van der Waals surface area contributed by atoms with Crippen LogP contribution in [-0.4, -0.2) is 17.7 Å². The van der Waals surface area contributed by atoms with E-state index in [1.807, 2.05) is 0 Å². The largest absolute Gasteiger partial charge is 0.369 e. The smallest absolute Gasteiger partial charge is 0.239 e. The number of carbonyl (C=O) groups is 2. The monoisotopic (exact) mass is 226 g/mol. The summed E-state index contributed by atoms with van der Waals surface area (Å²) in [5.41, 5.74) is 6.33. The van der Waals surface area contributed by atoms with Gasteiger partial charge >= 0.3 is 0 Å². The summed E-state index contributed by atoms with van der Waals surface area (Å²) in [5.74, 6) is -0.874. The zero-order chi connectivity index (χ0) is 11.3. The first-order chi connectivity index (χ1) is 7.13. The first-order valence-corrected chi connectivity index (χ1v) is 4.89. The first-order valence-electron chi connectivity index (χ1n) is 4.35. The van der Waals surface area contributed by atoms with Crippen LogP contribution >= 0.6 is 11.6 Å². The van der Waals surface area contributed by atoms with E-state index in [9.17, 15) is 9.59 Å². The summed E-state index contributed by atoms with van der Waals surface area (Å²) < 4.78 is 0. The van der Waals surface area contributed by atoms with Crippen molar-refractivity contribution in [1.29, 1.82) is 0 Å². The molecule has 0 aliphatic heterocycles. The van der Waals surface area contributed by atoms with E-state index in [-0.39, 0.29) is 18.2 Å². The van der Waals surface area contributed by atoms with Gasteiger partial charge in [-0.05, 0) is 11.6 Å². The maximum Gasteiger partial charge on any atom is 0.239 e. The lowest BCUT2D eigenvalue weighted by molar-refractivity contribution is -0.117. The molecule has 0 saturated carbocycles. The summed E-state index contributed by atoms with van der Waals surface area (Å²) in [6.07, 6.45) is 0.0960. The van der Waals surface area contributed by atoms with Gasteiger partial charge in [-0.15, -0.1) is 11.6 Å². The van der Waals surface area contributed by atoms with E-state index >= 15 is 0 Å². The van der Waals surface area contributed by atoms with Gasteiger partial charge in [-0.25, -0.2) is 0 Å². The number of anilines is 1. The fraction of sp³-hybridized carbons (Fsp3) is 0.200. The highest BCUT2D eigenvalue weighted by molar-refractivity contribution is 6.29. The predicted molar refractivity (Wildman–Crippen MR) is 58.7 cm³/mol. The highest BCUT2D eigenvalue weighted by atomic mass is 35.5. The SMILES string of the molecule is NC(=O)Cc1ccccc1NC(=O)CCl. The second-order valence-corrected chi connectivity index (χ2v) is 3.25. The molecule has 1 aromatic carbocycles. The molecule has 80 valence electrons. The van der Waals surface area contributed by atoms with E-state index in [0.29, 0.717) is 11.3 Å². The molecule has 0 aliphatic rings. The minimum atomic E-state index is -0.442. The van der Waals surface area contributed by atoms with Crippen molar-refractivity contribution in [3.05, 3.63) is 29.8 Å². The molecular formula is C10H11ClN2O2. The van der Waals surface area contributed by atoms with E-state index in [1.54, 1.807) is 24.3 Å². The van der Waals surface area contributed by atoms with Crippen molar-refractivity contribution in [3.8, 4) is 0 Å². The van der Waals surface area contributed by atoms with Gasteiger partial charge in [-0.1, -0.05) is 18.2 Å². The number of halogens is 1. The van der Waals surface area contributed by atoms with E-state index < -0.39 is 5.91 Å². The normalized spacial score (nSPS) is 9.67. The zero-order valence-electron chi connectivity index (χ0n) is 8.00. The van der Waals surface area contributed by atoms with Crippen molar-refractivity contribution in [2.45, 2.75) is 6.42 Å². The summed E-state index contributed by atoms with van der Waals surface area (Å²) in [4.78, 5) is 21.8. The fourth-order valence-corrected chi connectivity index (χ4v) is 1.23. The average Bonchev–Trinajstić information content (AvgIpc) is 2.20. The minimum Gasteiger partial charge on any atom is -0.369 e. The predicted octanol–water partition coefficient (Wildman–Crippen LogP) is 0.892. The summed E-state index contributed by atoms with van der Waals surface area (Å²) in [6.45, 7) is 0. The van der Waals surface area contributed by atoms with E-state index in [4.69, 9.17) is 17.3 Å². The quantitative estimate of drug-likeness (QED) is 0.749. The Morgan fingerprint density at radius 2 is 2.00 bits per heavy atom. The van der Waals surface area contributed by atoms with Crippen LogP contribution in [0, 0.1) is 0 Å². The molecule has 0 fully saturated rings. The van der Waals surface area contributed by atoms with Gasteiger partial charge in [-0.2, -0.15) is 0 Å². The Balaban J connectivity index is 2.85. The number of hydrogen-bond donors (Lipinski definition) is 2. The number of primary amides is 1. The van der Waals surface area contributed by atoms with Crippen molar-refractivity contribution >= 4 is 29.1 Å². The van der Waals surface area contributed by atoms with Crippen LogP contribution in [-0.2, 0) is 16.0 Å². The van der Waals surface area contributed by atoms with Crippen molar-refractivity contribution in [3.63, 3.8) is 0 Å². The number of alkyl halides is 1. The molecule has 15 heavy (non-hydrogen) atoms. The molecule has 0 aromatic heterocycles. The third-order valence-corrected chi connectivity index (χ3v) is 2.02. The Kier molecular flexibility index (Phi) is 4.12. The van der Waals surface area contributed by atoms with Gasteiger partial charge in [0.1, 0.15) is 5.88 Å². The maximum atomic E-state index is 11.1. The van der Waals surface area contributed by atoms with E-state index in [0.717, 1.165) is 0 Å². The Hall–Kier alpha value is -1.55. The number of benzene rings is 1. The zero-order valence-corrected chi connectivity index (χ0v) is 8.75. The molecular weight excluding hydrogens is 216 g/mol. The number of nitrogens with one attached hydrogen (secondary N) is 1. The van der Waals surface area contributed by atoms with E-state index in [2.05, 4.69) is 5.32 Å². The Labute approximate surface area is 92.4 Å². The molecule has 0 aliphatic carbocycles. The molecule has 0 heterocycles. The number of carbonyl (C=O) groups excluding carboxylic acids is 2. The molecule has 5 heteroatoms. The molecule has 0 radical (unpaired) electrons. The number of amides is 2. The van der Waals surface area contributed by atoms with Gasteiger partial charge in [0.05, 0.1) is 6.42 Å². The number of nitrogens with two attached hydrogens (primary N) is 1. The second kappa shape index (κ2) is 5.36. The molecule has 0 unspecified atom stereocenters. The van der Waals surface area contributed by atoms with Crippen LogP contribution in [0.5, 0.6) is 0 Å². The Bertz CT molecular complexity index is 379. The molecule has 0 atom stereocenters. The van der Waals surface area contributed by atoms with E-state index in [1.165, 1.54) is 0 Å². The molecule has 1 aromatic rings. The van der Waals surface area contributed by atoms with Crippen molar-refractivity contribution < 1.29 is 9.59 Å². The van der Waals surface area contributed by atoms with Crippen LogP contribution in [0.4, 0.5) is 5.69 Å². The summed E-state index contributed by atoms with van der Waals surface area (Å²) in [7, 11) is 0. The number of hydrogen-bond acceptors (Lipinski definition) is 2. The van der Waals surface area contributed by atoms with Crippen LogP contribution in [0.2, 0.25) is 0 Å². The number of para-hydroxylation sites is 1. The lowest BCUT2D eigenvalue weighted by Gasteiger charge is -2.08. The summed E-state index contributed by atoms with van der Waals surface area (Å²) >= 11 is 5.36.